The molecule has 0 amide bonds. The lowest BCUT2D eigenvalue weighted by atomic mass is 10.1. The van der Waals surface area contributed by atoms with Crippen molar-refractivity contribution in [2.24, 2.45) is 0 Å². The second kappa shape index (κ2) is 2.73. The number of hydrogen-bond acceptors (Lipinski definition) is 3. The standard InChI is InChI=1S/C8H16O3/c1-7(9-3)5-6-8(2,10-4)11-7/h5-6H2,1-4H3. The summed E-state index contributed by atoms with van der Waals surface area (Å²) in [5.41, 5.74) is 0. The summed E-state index contributed by atoms with van der Waals surface area (Å²) in [4.78, 5) is 0. The molecule has 0 aromatic rings. The summed E-state index contributed by atoms with van der Waals surface area (Å²) in [6, 6.07) is 0. The third kappa shape index (κ3) is 1.72. The Morgan fingerprint density at radius 1 is 1.00 bits per heavy atom. The Hall–Kier alpha value is -0.120. The van der Waals surface area contributed by atoms with Gasteiger partial charge >= 0.3 is 0 Å². The molecule has 0 aromatic heterocycles. The summed E-state index contributed by atoms with van der Waals surface area (Å²) in [6.45, 7) is 3.86. The van der Waals surface area contributed by atoms with Gasteiger partial charge in [-0.15, -0.1) is 0 Å². The van der Waals surface area contributed by atoms with Gasteiger partial charge in [-0.05, 0) is 13.8 Å². The van der Waals surface area contributed by atoms with E-state index in [0.717, 1.165) is 12.8 Å². The van der Waals surface area contributed by atoms with Gasteiger partial charge in [-0.3, -0.25) is 0 Å². The molecular weight excluding hydrogens is 144 g/mol. The van der Waals surface area contributed by atoms with Crippen molar-refractivity contribution in [2.75, 3.05) is 14.2 Å². The minimum atomic E-state index is -0.454. The number of rotatable bonds is 2. The molecule has 66 valence electrons. The topological polar surface area (TPSA) is 27.7 Å². The van der Waals surface area contributed by atoms with E-state index < -0.39 is 11.6 Å². The van der Waals surface area contributed by atoms with E-state index in [-0.39, 0.29) is 0 Å². The average molecular weight is 160 g/mol. The largest absolute Gasteiger partial charge is 0.353 e. The van der Waals surface area contributed by atoms with Crippen molar-refractivity contribution in [3.63, 3.8) is 0 Å². The van der Waals surface area contributed by atoms with Gasteiger partial charge in [0.05, 0.1) is 0 Å². The first kappa shape index (κ1) is 8.97. The lowest BCUT2D eigenvalue weighted by molar-refractivity contribution is -0.292. The van der Waals surface area contributed by atoms with Crippen LogP contribution >= 0.6 is 0 Å². The zero-order valence-corrected chi connectivity index (χ0v) is 7.64. The summed E-state index contributed by atoms with van der Waals surface area (Å²) in [5.74, 6) is -0.907. The molecular formula is C8H16O3. The van der Waals surface area contributed by atoms with Gasteiger partial charge in [0.2, 0.25) is 0 Å². The third-order valence-electron chi connectivity index (χ3n) is 2.33. The number of hydrogen-bond donors (Lipinski definition) is 0. The molecule has 3 nitrogen and oxygen atoms in total. The molecule has 0 aromatic carbocycles. The van der Waals surface area contributed by atoms with E-state index in [9.17, 15) is 0 Å². The van der Waals surface area contributed by atoms with Gasteiger partial charge in [-0.1, -0.05) is 0 Å². The predicted octanol–water partition coefficient (Wildman–Crippen LogP) is 1.52. The van der Waals surface area contributed by atoms with E-state index in [2.05, 4.69) is 0 Å². The van der Waals surface area contributed by atoms with Crippen LogP contribution in [0.25, 0.3) is 0 Å². The summed E-state index contributed by atoms with van der Waals surface area (Å²) in [6.07, 6.45) is 1.77. The van der Waals surface area contributed by atoms with E-state index in [1.807, 2.05) is 13.8 Å². The van der Waals surface area contributed by atoms with Crippen LogP contribution in [0.3, 0.4) is 0 Å². The first-order valence-electron chi connectivity index (χ1n) is 3.84. The summed E-state index contributed by atoms with van der Waals surface area (Å²) in [5, 5.41) is 0. The fraction of sp³-hybridized carbons (Fsp3) is 1.00. The molecule has 0 N–H and O–H groups in total. The molecule has 3 heteroatoms. The van der Waals surface area contributed by atoms with Crippen molar-refractivity contribution >= 4 is 0 Å². The highest BCUT2D eigenvalue weighted by atomic mass is 16.8. The minimum Gasteiger partial charge on any atom is -0.353 e. The second-order valence-electron chi connectivity index (χ2n) is 3.28. The van der Waals surface area contributed by atoms with Crippen molar-refractivity contribution in [3.8, 4) is 0 Å². The van der Waals surface area contributed by atoms with Crippen LogP contribution in [0.5, 0.6) is 0 Å². The summed E-state index contributed by atoms with van der Waals surface area (Å²) in [7, 11) is 3.31. The van der Waals surface area contributed by atoms with Crippen LogP contribution in [-0.2, 0) is 14.2 Å². The molecule has 0 spiro atoms. The van der Waals surface area contributed by atoms with Crippen LogP contribution < -0.4 is 0 Å². The Balaban J connectivity index is 2.58. The predicted molar refractivity (Wildman–Crippen MR) is 41.1 cm³/mol. The molecule has 0 aliphatic carbocycles. The monoisotopic (exact) mass is 160 g/mol. The van der Waals surface area contributed by atoms with E-state index in [0.29, 0.717) is 0 Å². The van der Waals surface area contributed by atoms with Crippen LogP contribution in [-0.4, -0.2) is 25.8 Å². The smallest absolute Gasteiger partial charge is 0.168 e. The molecule has 1 aliphatic rings. The summed E-state index contributed by atoms with van der Waals surface area (Å²) < 4.78 is 16.0. The van der Waals surface area contributed by atoms with Crippen LogP contribution in [0.15, 0.2) is 0 Å². The minimum absolute atomic E-state index is 0.454. The molecule has 1 aliphatic heterocycles. The van der Waals surface area contributed by atoms with Crippen molar-refractivity contribution < 1.29 is 14.2 Å². The number of methoxy groups -OCH3 is 2. The van der Waals surface area contributed by atoms with Crippen molar-refractivity contribution in [3.05, 3.63) is 0 Å². The fourth-order valence-electron chi connectivity index (χ4n) is 1.30. The van der Waals surface area contributed by atoms with Crippen LogP contribution in [0.4, 0.5) is 0 Å². The van der Waals surface area contributed by atoms with E-state index in [4.69, 9.17) is 14.2 Å². The Bertz CT molecular complexity index is 132. The Labute approximate surface area is 67.6 Å². The first-order chi connectivity index (χ1) is 5.04. The molecule has 1 saturated heterocycles. The highest BCUT2D eigenvalue weighted by Gasteiger charge is 2.44. The third-order valence-corrected chi connectivity index (χ3v) is 2.33. The Morgan fingerprint density at radius 3 is 1.55 bits per heavy atom. The van der Waals surface area contributed by atoms with Crippen molar-refractivity contribution in [1.82, 2.24) is 0 Å². The van der Waals surface area contributed by atoms with Crippen LogP contribution in [0.2, 0.25) is 0 Å². The SMILES string of the molecule is COC1(C)CCC(C)(OC)O1. The second-order valence-corrected chi connectivity index (χ2v) is 3.28. The molecule has 1 fully saturated rings. The van der Waals surface area contributed by atoms with Gasteiger partial charge in [0.15, 0.2) is 11.6 Å². The highest BCUT2D eigenvalue weighted by molar-refractivity contribution is 4.80. The van der Waals surface area contributed by atoms with Crippen molar-refractivity contribution in [2.45, 2.75) is 38.3 Å². The molecule has 2 atom stereocenters. The maximum absolute atomic E-state index is 5.59. The van der Waals surface area contributed by atoms with Crippen molar-refractivity contribution in [1.29, 1.82) is 0 Å². The molecule has 0 radical (unpaired) electrons. The zero-order chi connectivity index (χ0) is 8.54. The number of ether oxygens (including phenoxy) is 3. The maximum Gasteiger partial charge on any atom is 0.168 e. The highest BCUT2D eigenvalue weighted by Crippen LogP contribution is 2.37. The van der Waals surface area contributed by atoms with Gasteiger partial charge in [0.1, 0.15) is 0 Å². The van der Waals surface area contributed by atoms with Crippen LogP contribution in [0, 0.1) is 0 Å². The Kier molecular flexibility index (Phi) is 2.23. The maximum atomic E-state index is 5.59. The molecule has 0 saturated carbocycles. The Morgan fingerprint density at radius 2 is 1.36 bits per heavy atom. The molecule has 1 rings (SSSR count). The molecule has 2 unspecified atom stereocenters. The molecule has 11 heavy (non-hydrogen) atoms. The first-order valence-corrected chi connectivity index (χ1v) is 3.84. The lowest BCUT2D eigenvalue weighted by Crippen LogP contribution is -2.33. The van der Waals surface area contributed by atoms with E-state index in [1.54, 1.807) is 14.2 Å². The average Bonchev–Trinajstić information content (AvgIpc) is 2.30. The quantitative estimate of drug-likeness (QED) is 0.613. The zero-order valence-electron chi connectivity index (χ0n) is 7.64. The van der Waals surface area contributed by atoms with Gasteiger partial charge in [-0.2, -0.15) is 0 Å². The van der Waals surface area contributed by atoms with Gasteiger partial charge in [0.25, 0.3) is 0 Å². The normalized spacial score (nSPS) is 44.7. The fourth-order valence-corrected chi connectivity index (χ4v) is 1.30. The molecule has 1 heterocycles. The van der Waals surface area contributed by atoms with E-state index >= 15 is 0 Å². The summed E-state index contributed by atoms with van der Waals surface area (Å²) >= 11 is 0. The van der Waals surface area contributed by atoms with Gasteiger partial charge < -0.3 is 14.2 Å². The molecule has 0 bridgehead atoms. The van der Waals surface area contributed by atoms with Gasteiger partial charge in [-0.25, -0.2) is 0 Å². The van der Waals surface area contributed by atoms with E-state index in [1.165, 1.54) is 0 Å². The van der Waals surface area contributed by atoms with Gasteiger partial charge in [0, 0.05) is 27.1 Å². The van der Waals surface area contributed by atoms with Crippen LogP contribution in [0.1, 0.15) is 26.7 Å². The lowest BCUT2D eigenvalue weighted by Gasteiger charge is -2.27.